The molecule has 2 aromatic rings. The van der Waals surface area contributed by atoms with Gasteiger partial charge in [0.15, 0.2) is 0 Å². The zero-order chi connectivity index (χ0) is 18.0. The molecule has 4 heteroatoms. The first-order chi connectivity index (χ1) is 12.0. The number of carbonyl (C=O) groups excluding carboxylic acids is 1. The molecule has 4 nitrogen and oxygen atoms in total. The molecule has 132 valence electrons. The summed E-state index contributed by atoms with van der Waals surface area (Å²) in [7, 11) is 1.77. The highest BCUT2D eigenvalue weighted by Gasteiger charge is 2.30. The van der Waals surface area contributed by atoms with Crippen molar-refractivity contribution in [2.75, 3.05) is 18.6 Å². The summed E-state index contributed by atoms with van der Waals surface area (Å²) in [4.78, 5) is 13.8. The topological polar surface area (TPSA) is 49.8 Å². The Bertz CT molecular complexity index is 742. The molecule has 0 bridgehead atoms. The van der Waals surface area contributed by atoms with Crippen molar-refractivity contribution in [2.24, 2.45) is 11.8 Å². The molecule has 0 spiro atoms. The summed E-state index contributed by atoms with van der Waals surface area (Å²) in [5.41, 5.74) is 2.77. The van der Waals surface area contributed by atoms with Crippen LogP contribution in [0.4, 0.5) is 5.69 Å². The van der Waals surface area contributed by atoms with E-state index in [4.69, 9.17) is 4.74 Å². The molecular formula is C21H25NO3. The van der Waals surface area contributed by atoms with E-state index in [2.05, 4.69) is 12.1 Å². The predicted molar refractivity (Wildman–Crippen MR) is 98.8 cm³/mol. The second-order valence-corrected chi connectivity index (χ2v) is 6.98. The number of hydrogen-bond acceptors (Lipinski definition) is 3. The average Bonchev–Trinajstić information content (AvgIpc) is 2.63. The fraction of sp³-hybridized carbons (Fsp3) is 0.381. The summed E-state index contributed by atoms with van der Waals surface area (Å²) < 4.78 is 5.91. The molecule has 0 aliphatic carbocycles. The van der Waals surface area contributed by atoms with E-state index in [1.54, 1.807) is 11.9 Å². The highest BCUT2D eigenvalue weighted by Crippen LogP contribution is 2.39. The van der Waals surface area contributed by atoms with Gasteiger partial charge in [-0.15, -0.1) is 0 Å². The number of anilines is 1. The van der Waals surface area contributed by atoms with Crippen molar-refractivity contribution < 1.29 is 14.6 Å². The van der Waals surface area contributed by atoms with Crippen LogP contribution >= 0.6 is 0 Å². The number of amides is 1. The monoisotopic (exact) mass is 339 g/mol. The number of nitrogens with zero attached hydrogens (tertiary/aromatic N) is 1. The number of aliphatic hydroxyl groups is 1. The van der Waals surface area contributed by atoms with Crippen molar-refractivity contribution in [2.45, 2.75) is 26.4 Å². The molecule has 2 atom stereocenters. The lowest BCUT2D eigenvalue weighted by molar-refractivity contribution is -0.121. The van der Waals surface area contributed by atoms with Gasteiger partial charge in [0.1, 0.15) is 5.75 Å². The number of carbonyl (C=O) groups is 1. The van der Waals surface area contributed by atoms with Gasteiger partial charge in [-0.05, 0) is 18.1 Å². The summed E-state index contributed by atoms with van der Waals surface area (Å²) in [6.07, 6.45) is 0.207. The van der Waals surface area contributed by atoms with Crippen LogP contribution in [0.25, 0.3) is 0 Å². The van der Waals surface area contributed by atoms with Crippen LogP contribution in [0.1, 0.15) is 31.1 Å². The van der Waals surface area contributed by atoms with Crippen molar-refractivity contribution in [1.29, 1.82) is 0 Å². The van der Waals surface area contributed by atoms with Crippen LogP contribution in [-0.2, 0) is 11.2 Å². The predicted octanol–water partition coefficient (Wildman–Crippen LogP) is 3.59. The van der Waals surface area contributed by atoms with Crippen molar-refractivity contribution in [1.82, 2.24) is 0 Å². The summed E-state index contributed by atoms with van der Waals surface area (Å²) in [6, 6.07) is 15.7. The third kappa shape index (κ3) is 3.69. The molecule has 25 heavy (non-hydrogen) atoms. The van der Waals surface area contributed by atoms with E-state index in [0.29, 0.717) is 12.4 Å². The molecule has 3 rings (SSSR count). The van der Waals surface area contributed by atoms with Crippen molar-refractivity contribution >= 4 is 11.6 Å². The smallest absolute Gasteiger partial charge is 0.229 e. The lowest BCUT2D eigenvalue weighted by atomic mass is 9.88. The summed E-state index contributed by atoms with van der Waals surface area (Å²) in [5, 5.41) is 10.7. The molecule has 0 aromatic heterocycles. The molecule has 1 heterocycles. The van der Waals surface area contributed by atoms with Crippen LogP contribution in [0.3, 0.4) is 0 Å². The van der Waals surface area contributed by atoms with Gasteiger partial charge in [-0.25, -0.2) is 0 Å². The molecule has 1 N–H and O–H groups in total. The number of ether oxygens (including phenoxy) is 1. The minimum absolute atomic E-state index is 0.0239. The Morgan fingerprint density at radius 3 is 2.64 bits per heavy atom. The number of fused-ring (bicyclic) bond motifs is 1. The van der Waals surface area contributed by atoms with Crippen molar-refractivity contribution in [3.8, 4) is 5.75 Å². The molecule has 0 saturated heterocycles. The van der Waals surface area contributed by atoms with E-state index >= 15 is 0 Å². The number of rotatable bonds is 4. The van der Waals surface area contributed by atoms with E-state index in [0.717, 1.165) is 17.7 Å². The fourth-order valence-electron chi connectivity index (χ4n) is 3.24. The average molecular weight is 339 g/mol. The number of hydrogen-bond donors (Lipinski definition) is 1. The maximum atomic E-state index is 12.2. The Balaban J connectivity index is 1.78. The van der Waals surface area contributed by atoms with Crippen LogP contribution < -0.4 is 9.64 Å². The van der Waals surface area contributed by atoms with Crippen LogP contribution in [-0.4, -0.2) is 24.7 Å². The largest absolute Gasteiger partial charge is 0.493 e. The molecule has 0 fully saturated rings. The van der Waals surface area contributed by atoms with E-state index in [1.807, 2.05) is 50.2 Å². The van der Waals surface area contributed by atoms with Gasteiger partial charge < -0.3 is 14.7 Å². The van der Waals surface area contributed by atoms with E-state index in [1.165, 1.54) is 5.56 Å². The SMILES string of the molecule is CC(C)C(=O)N(C)c1ccc2c(c1)OC[C@@H](Cc1ccccc1)[C@@H]2O. The lowest BCUT2D eigenvalue weighted by Gasteiger charge is -2.31. The Morgan fingerprint density at radius 2 is 1.96 bits per heavy atom. The Morgan fingerprint density at radius 1 is 1.24 bits per heavy atom. The quantitative estimate of drug-likeness (QED) is 0.926. The fourth-order valence-corrected chi connectivity index (χ4v) is 3.24. The Hall–Kier alpha value is -2.33. The number of benzene rings is 2. The first-order valence-electron chi connectivity index (χ1n) is 8.73. The van der Waals surface area contributed by atoms with Crippen molar-refractivity contribution in [3.63, 3.8) is 0 Å². The Labute approximate surface area is 149 Å². The van der Waals surface area contributed by atoms with Gasteiger partial charge in [0.05, 0.1) is 12.7 Å². The first kappa shape index (κ1) is 17.5. The first-order valence-corrected chi connectivity index (χ1v) is 8.73. The molecule has 1 aliphatic rings. The molecule has 2 aromatic carbocycles. The van der Waals surface area contributed by atoms with Gasteiger partial charge in [-0.2, -0.15) is 0 Å². The van der Waals surface area contributed by atoms with Crippen LogP contribution in [0.5, 0.6) is 5.75 Å². The normalized spacial score (nSPS) is 19.2. The van der Waals surface area contributed by atoms with E-state index < -0.39 is 6.10 Å². The minimum atomic E-state index is -0.566. The minimum Gasteiger partial charge on any atom is -0.493 e. The van der Waals surface area contributed by atoms with E-state index in [9.17, 15) is 9.90 Å². The molecule has 0 radical (unpaired) electrons. The maximum absolute atomic E-state index is 12.2. The zero-order valence-corrected chi connectivity index (χ0v) is 15.0. The molecular weight excluding hydrogens is 314 g/mol. The second-order valence-electron chi connectivity index (χ2n) is 6.98. The Kier molecular flexibility index (Phi) is 5.09. The third-order valence-electron chi connectivity index (χ3n) is 4.77. The summed E-state index contributed by atoms with van der Waals surface area (Å²) in [5.74, 6) is 0.676. The standard InChI is InChI=1S/C21H25NO3/c1-14(2)21(24)22(3)17-9-10-18-19(12-17)25-13-16(20(18)23)11-15-7-5-4-6-8-15/h4-10,12,14,16,20,23H,11,13H2,1-3H3/t16-,20+/m1/s1. The highest BCUT2D eigenvalue weighted by molar-refractivity contribution is 5.94. The van der Waals surface area contributed by atoms with Crippen molar-refractivity contribution in [3.05, 3.63) is 59.7 Å². The molecule has 0 unspecified atom stereocenters. The van der Waals surface area contributed by atoms with Gasteiger partial charge in [0.2, 0.25) is 5.91 Å². The van der Waals surface area contributed by atoms with Crippen LogP contribution in [0.15, 0.2) is 48.5 Å². The zero-order valence-electron chi connectivity index (χ0n) is 15.0. The second kappa shape index (κ2) is 7.28. The lowest BCUT2D eigenvalue weighted by Crippen LogP contribution is -2.31. The van der Waals surface area contributed by atoms with Gasteiger partial charge in [0, 0.05) is 36.2 Å². The summed E-state index contributed by atoms with van der Waals surface area (Å²) in [6.45, 7) is 4.23. The third-order valence-corrected chi connectivity index (χ3v) is 4.77. The van der Waals surface area contributed by atoms with E-state index in [-0.39, 0.29) is 17.7 Å². The number of aliphatic hydroxyl groups excluding tert-OH is 1. The summed E-state index contributed by atoms with van der Waals surface area (Å²) >= 11 is 0. The molecule has 1 aliphatic heterocycles. The van der Waals surface area contributed by atoms with Gasteiger partial charge in [-0.3, -0.25) is 4.79 Å². The van der Waals surface area contributed by atoms with Gasteiger partial charge in [-0.1, -0.05) is 50.2 Å². The highest BCUT2D eigenvalue weighted by atomic mass is 16.5. The van der Waals surface area contributed by atoms with Crippen LogP contribution in [0.2, 0.25) is 0 Å². The van der Waals surface area contributed by atoms with Gasteiger partial charge >= 0.3 is 0 Å². The molecule has 1 amide bonds. The van der Waals surface area contributed by atoms with Crippen LogP contribution in [0, 0.1) is 11.8 Å². The molecule has 0 saturated carbocycles. The maximum Gasteiger partial charge on any atom is 0.229 e. The van der Waals surface area contributed by atoms with Gasteiger partial charge in [0.25, 0.3) is 0 Å².